The topological polar surface area (TPSA) is 24.9 Å². The van der Waals surface area contributed by atoms with Gasteiger partial charge in [0.2, 0.25) is 0 Å². The second-order valence-electron chi connectivity index (χ2n) is 4.82. The van der Waals surface area contributed by atoms with Gasteiger partial charge in [0.25, 0.3) is 0 Å². The third kappa shape index (κ3) is 3.61. The Labute approximate surface area is 117 Å². The fourth-order valence-corrected chi connectivity index (χ4v) is 2.18. The molecule has 1 unspecified atom stereocenters. The number of benzene rings is 1. The molecule has 0 fully saturated rings. The molecule has 2 rings (SSSR count). The second kappa shape index (κ2) is 6.57. The number of likely N-dealkylation sites (N-methyl/N-ethyl adjacent to an activating group) is 1. The van der Waals surface area contributed by atoms with Gasteiger partial charge in [0.05, 0.1) is 11.7 Å². The van der Waals surface area contributed by atoms with Crippen molar-refractivity contribution in [3.05, 3.63) is 65.0 Å². The fourth-order valence-electron chi connectivity index (χ4n) is 2.18. The average Bonchev–Trinajstić information content (AvgIpc) is 2.42. The van der Waals surface area contributed by atoms with Crippen molar-refractivity contribution < 1.29 is 8.78 Å². The zero-order valence-electron chi connectivity index (χ0n) is 11.7. The molecule has 2 nitrogen and oxygen atoms in total. The van der Waals surface area contributed by atoms with E-state index in [9.17, 15) is 8.78 Å². The predicted octanol–water partition coefficient (Wildman–Crippen LogP) is 3.56. The highest BCUT2D eigenvalue weighted by Gasteiger charge is 2.14. The van der Waals surface area contributed by atoms with Crippen LogP contribution in [0.3, 0.4) is 0 Å². The maximum atomic E-state index is 13.3. The minimum atomic E-state index is -0.817. The van der Waals surface area contributed by atoms with Crippen LogP contribution in [0.2, 0.25) is 0 Å². The van der Waals surface area contributed by atoms with Gasteiger partial charge in [-0.05, 0) is 55.3 Å². The van der Waals surface area contributed by atoms with Gasteiger partial charge in [-0.1, -0.05) is 13.0 Å². The van der Waals surface area contributed by atoms with Crippen LogP contribution in [0.1, 0.15) is 29.8 Å². The number of nitrogens with zero attached hydrogens (tertiary/aromatic N) is 1. The van der Waals surface area contributed by atoms with Gasteiger partial charge in [-0.2, -0.15) is 0 Å². The summed E-state index contributed by atoms with van der Waals surface area (Å²) in [5.74, 6) is -1.63. The molecule has 0 aliphatic rings. The van der Waals surface area contributed by atoms with Crippen LogP contribution in [0.25, 0.3) is 0 Å². The van der Waals surface area contributed by atoms with Crippen LogP contribution >= 0.6 is 0 Å². The molecule has 4 heteroatoms. The van der Waals surface area contributed by atoms with Crippen molar-refractivity contribution in [2.45, 2.75) is 26.3 Å². The molecule has 1 aromatic heterocycles. The fraction of sp³-hybridized carbons (Fsp3) is 0.312. The van der Waals surface area contributed by atoms with Crippen molar-refractivity contribution in [3.8, 4) is 0 Å². The molecular weight excluding hydrogens is 258 g/mol. The van der Waals surface area contributed by atoms with E-state index in [0.29, 0.717) is 6.42 Å². The van der Waals surface area contributed by atoms with E-state index in [2.05, 4.69) is 10.3 Å². The molecule has 1 aromatic carbocycles. The maximum Gasteiger partial charge on any atom is 0.159 e. The van der Waals surface area contributed by atoms with Crippen LogP contribution in [0, 0.1) is 18.6 Å². The molecule has 0 amide bonds. The Morgan fingerprint density at radius 2 is 1.95 bits per heavy atom. The number of nitrogens with one attached hydrogen (secondary N) is 1. The summed E-state index contributed by atoms with van der Waals surface area (Å²) in [5, 5.41) is 3.33. The lowest BCUT2D eigenvalue weighted by Gasteiger charge is -2.18. The van der Waals surface area contributed by atoms with Crippen LogP contribution in [-0.2, 0) is 6.42 Å². The van der Waals surface area contributed by atoms with E-state index in [1.165, 1.54) is 6.07 Å². The number of pyridine rings is 1. The van der Waals surface area contributed by atoms with E-state index in [1.54, 1.807) is 12.3 Å². The van der Waals surface area contributed by atoms with E-state index < -0.39 is 11.6 Å². The van der Waals surface area contributed by atoms with Gasteiger partial charge in [-0.3, -0.25) is 4.98 Å². The van der Waals surface area contributed by atoms with Crippen molar-refractivity contribution in [2.75, 3.05) is 6.54 Å². The third-order valence-electron chi connectivity index (χ3n) is 3.17. The van der Waals surface area contributed by atoms with Crippen molar-refractivity contribution >= 4 is 0 Å². The number of rotatable bonds is 5. The summed E-state index contributed by atoms with van der Waals surface area (Å²) in [6.07, 6.45) is 2.34. The molecule has 0 aliphatic heterocycles. The highest BCUT2D eigenvalue weighted by molar-refractivity contribution is 5.23. The van der Waals surface area contributed by atoms with Crippen LogP contribution in [0.5, 0.6) is 0 Å². The van der Waals surface area contributed by atoms with Crippen LogP contribution in [-0.4, -0.2) is 11.5 Å². The second-order valence-corrected chi connectivity index (χ2v) is 4.82. The molecule has 0 saturated heterocycles. The Hall–Kier alpha value is -1.81. The summed E-state index contributed by atoms with van der Waals surface area (Å²) < 4.78 is 26.2. The van der Waals surface area contributed by atoms with E-state index in [4.69, 9.17) is 0 Å². The molecule has 0 spiro atoms. The van der Waals surface area contributed by atoms with E-state index >= 15 is 0 Å². The van der Waals surface area contributed by atoms with E-state index in [0.717, 1.165) is 29.4 Å². The molecular formula is C16H18F2N2. The lowest BCUT2D eigenvalue weighted by molar-refractivity contribution is 0.501. The van der Waals surface area contributed by atoms with Crippen molar-refractivity contribution in [1.82, 2.24) is 10.3 Å². The first-order valence-corrected chi connectivity index (χ1v) is 6.70. The van der Waals surface area contributed by atoms with Crippen molar-refractivity contribution in [3.63, 3.8) is 0 Å². The molecule has 0 bridgehead atoms. The first kappa shape index (κ1) is 14.6. The Morgan fingerprint density at radius 3 is 2.60 bits per heavy atom. The van der Waals surface area contributed by atoms with Gasteiger partial charge in [0.1, 0.15) is 0 Å². The lowest BCUT2D eigenvalue weighted by atomic mass is 10.0. The summed E-state index contributed by atoms with van der Waals surface area (Å²) in [5.41, 5.74) is 2.79. The van der Waals surface area contributed by atoms with E-state index in [-0.39, 0.29) is 6.04 Å². The normalized spacial score (nSPS) is 12.4. The van der Waals surface area contributed by atoms with Gasteiger partial charge in [-0.25, -0.2) is 8.78 Å². The number of hydrogen-bond acceptors (Lipinski definition) is 2. The number of halogens is 2. The lowest BCUT2D eigenvalue weighted by Crippen LogP contribution is -2.24. The average molecular weight is 276 g/mol. The van der Waals surface area contributed by atoms with Gasteiger partial charge in [0.15, 0.2) is 11.6 Å². The molecule has 0 aliphatic carbocycles. The Morgan fingerprint density at radius 1 is 1.15 bits per heavy atom. The summed E-state index contributed by atoms with van der Waals surface area (Å²) >= 11 is 0. The van der Waals surface area contributed by atoms with Gasteiger partial charge in [-0.15, -0.1) is 0 Å². The molecule has 1 N–H and O–H groups in total. The number of hydrogen-bond donors (Lipinski definition) is 1. The zero-order valence-corrected chi connectivity index (χ0v) is 11.7. The molecule has 1 heterocycles. The Kier molecular flexibility index (Phi) is 4.79. The monoisotopic (exact) mass is 276 g/mol. The van der Waals surface area contributed by atoms with Gasteiger partial charge in [0, 0.05) is 6.20 Å². The molecule has 2 aromatic rings. The quantitative estimate of drug-likeness (QED) is 0.903. The first-order valence-electron chi connectivity index (χ1n) is 6.70. The van der Waals surface area contributed by atoms with Crippen LogP contribution in [0.15, 0.2) is 36.5 Å². The SMILES string of the molecule is CCNC(Cc1ccc(F)c(F)c1)c1cc(C)ccn1. The highest BCUT2D eigenvalue weighted by Crippen LogP contribution is 2.19. The predicted molar refractivity (Wildman–Crippen MR) is 75.5 cm³/mol. The van der Waals surface area contributed by atoms with Crippen molar-refractivity contribution in [2.24, 2.45) is 0 Å². The smallest absolute Gasteiger partial charge is 0.159 e. The number of aryl methyl sites for hydroxylation is 1. The van der Waals surface area contributed by atoms with E-state index in [1.807, 2.05) is 26.0 Å². The Balaban J connectivity index is 2.22. The van der Waals surface area contributed by atoms with Gasteiger partial charge >= 0.3 is 0 Å². The van der Waals surface area contributed by atoms with Crippen molar-refractivity contribution in [1.29, 1.82) is 0 Å². The standard InChI is InChI=1S/C16H18F2N2/c1-3-19-16(15-8-11(2)6-7-20-15)10-12-4-5-13(17)14(18)9-12/h4-9,16,19H,3,10H2,1-2H3. The molecule has 1 atom stereocenters. The maximum absolute atomic E-state index is 13.3. The van der Waals surface area contributed by atoms with Crippen LogP contribution < -0.4 is 5.32 Å². The summed E-state index contributed by atoms with van der Waals surface area (Å²) in [6.45, 7) is 4.80. The minimum Gasteiger partial charge on any atom is -0.309 e. The summed E-state index contributed by atoms with van der Waals surface area (Å²) in [4.78, 5) is 4.36. The summed E-state index contributed by atoms with van der Waals surface area (Å²) in [6, 6.07) is 7.95. The minimum absolute atomic E-state index is 0.00948. The van der Waals surface area contributed by atoms with Crippen LogP contribution in [0.4, 0.5) is 8.78 Å². The van der Waals surface area contributed by atoms with Gasteiger partial charge < -0.3 is 5.32 Å². The number of aromatic nitrogens is 1. The third-order valence-corrected chi connectivity index (χ3v) is 3.17. The summed E-state index contributed by atoms with van der Waals surface area (Å²) in [7, 11) is 0. The first-order chi connectivity index (χ1) is 9.60. The zero-order chi connectivity index (χ0) is 14.5. The highest BCUT2D eigenvalue weighted by atomic mass is 19.2. The molecule has 0 saturated carbocycles. The molecule has 20 heavy (non-hydrogen) atoms. The molecule has 106 valence electrons. The largest absolute Gasteiger partial charge is 0.309 e. The molecule has 0 radical (unpaired) electrons. The Bertz CT molecular complexity index is 584.